The molecule has 1 aromatic rings. The third-order valence-electron chi connectivity index (χ3n) is 2.99. The SMILES string of the molecule is CCn1ncc(Cl)c1C(=O)N1N=C(C)CC1(O)C(F)F. The molecule has 0 fully saturated rings. The van der Waals surface area contributed by atoms with E-state index in [2.05, 4.69) is 10.2 Å². The third-order valence-corrected chi connectivity index (χ3v) is 3.27. The van der Waals surface area contributed by atoms with Gasteiger partial charge in [-0.1, -0.05) is 11.6 Å². The van der Waals surface area contributed by atoms with Crippen LogP contribution in [0.4, 0.5) is 8.78 Å². The summed E-state index contributed by atoms with van der Waals surface area (Å²) in [6.45, 7) is 3.51. The van der Waals surface area contributed by atoms with Crippen molar-refractivity contribution in [3.8, 4) is 0 Å². The summed E-state index contributed by atoms with van der Waals surface area (Å²) in [7, 11) is 0. The Labute approximate surface area is 118 Å². The van der Waals surface area contributed by atoms with E-state index < -0.39 is 24.5 Å². The largest absolute Gasteiger partial charge is 0.364 e. The molecule has 0 spiro atoms. The van der Waals surface area contributed by atoms with E-state index in [1.54, 1.807) is 6.92 Å². The summed E-state index contributed by atoms with van der Waals surface area (Å²) in [5.41, 5.74) is -2.49. The van der Waals surface area contributed by atoms with Gasteiger partial charge in [-0.2, -0.15) is 15.2 Å². The average molecular weight is 307 g/mol. The highest BCUT2D eigenvalue weighted by Gasteiger charge is 2.51. The quantitative estimate of drug-likeness (QED) is 0.924. The van der Waals surface area contributed by atoms with E-state index in [1.807, 2.05) is 0 Å². The van der Waals surface area contributed by atoms with Gasteiger partial charge in [-0.25, -0.2) is 8.78 Å². The van der Waals surface area contributed by atoms with E-state index in [0.29, 0.717) is 11.6 Å². The van der Waals surface area contributed by atoms with Crippen molar-refractivity contribution in [1.82, 2.24) is 14.8 Å². The Balaban J connectivity index is 2.44. The lowest BCUT2D eigenvalue weighted by Gasteiger charge is -2.30. The molecule has 0 radical (unpaired) electrons. The van der Waals surface area contributed by atoms with E-state index in [-0.39, 0.29) is 16.4 Å². The zero-order valence-corrected chi connectivity index (χ0v) is 11.6. The predicted octanol–water partition coefficient (Wildman–Crippen LogP) is 1.73. The van der Waals surface area contributed by atoms with Gasteiger partial charge in [0.1, 0.15) is 5.69 Å². The molecule has 0 aromatic carbocycles. The molecule has 1 aromatic heterocycles. The summed E-state index contributed by atoms with van der Waals surface area (Å²) in [4.78, 5) is 12.4. The maximum Gasteiger partial charge on any atom is 0.296 e. The van der Waals surface area contributed by atoms with Crippen molar-refractivity contribution in [2.75, 3.05) is 0 Å². The summed E-state index contributed by atoms with van der Waals surface area (Å²) in [6.07, 6.45) is -2.31. The smallest absolute Gasteiger partial charge is 0.296 e. The molecule has 1 unspecified atom stereocenters. The molecule has 1 aliphatic rings. The number of alkyl halides is 2. The Morgan fingerprint density at radius 2 is 2.30 bits per heavy atom. The van der Waals surface area contributed by atoms with Gasteiger partial charge in [0, 0.05) is 18.7 Å². The topological polar surface area (TPSA) is 70.7 Å². The third kappa shape index (κ3) is 2.18. The number of hydrogen-bond donors (Lipinski definition) is 1. The Morgan fingerprint density at radius 1 is 1.65 bits per heavy atom. The number of nitrogens with zero attached hydrogens (tertiary/aromatic N) is 4. The van der Waals surface area contributed by atoms with Crippen LogP contribution in [0.15, 0.2) is 11.3 Å². The van der Waals surface area contributed by atoms with E-state index in [0.717, 1.165) is 0 Å². The van der Waals surface area contributed by atoms with Crippen molar-refractivity contribution < 1.29 is 18.7 Å². The van der Waals surface area contributed by atoms with Gasteiger partial charge in [0.25, 0.3) is 12.3 Å². The van der Waals surface area contributed by atoms with Crippen molar-refractivity contribution in [3.63, 3.8) is 0 Å². The summed E-state index contributed by atoms with van der Waals surface area (Å²) in [5.74, 6) is -0.908. The standard InChI is InChI=1S/C11H13ClF2N4O2/c1-3-17-8(7(12)5-15-17)9(19)18-11(20,10(13)14)4-6(2)16-18/h5,10,20H,3-4H2,1-2H3. The van der Waals surface area contributed by atoms with Crippen LogP contribution in [-0.4, -0.2) is 43.7 Å². The molecular weight excluding hydrogens is 294 g/mol. The maximum absolute atomic E-state index is 13.1. The summed E-state index contributed by atoms with van der Waals surface area (Å²) >= 11 is 5.86. The Hall–Kier alpha value is -1.54. The number of carbonyl (C=O) groups is 1. The van der Waals surface area contributed by atoms with Crippen LogP contribution in [-0.2, 0) is 6.54 Å². The maximum atomic E-state index is 13.1. The average Bonchev–Trinajstić information content (AvgIpc) is 2.89. The first-order chi connectivity index (χ1) is 9.31. The molecule has 9 heteroatoms. The molecule has 0 saturated carbocycles. The Kier molecular flexibility index (Phi) is 3.79. The number of aryl methyl sites for hydroxylation is 1. The number of hydrogen-bond acceptors (Lipinski definition) is 4. The fraction of sp³-hybridized carbons (Fsp3) is 0.545. The van der Waals surface area contributed by atoms with E-state index in [1.165, 1.54) is 17.8 Å². The minimum Gasteiger partial charge on any atom is -0.364 e. The lowest BCUT2D eigenvalue weighted by molar-refractivity contribution is -0.164. The zero-order valence-electron chi connectivity index (χ0n) is 10.8. The van der Waals surface area contributed by atoms with Crippen LogP contribution >= 0.6 is 11.6 Å². The Morgan fingerprint density at radius 3 is 2.85 bits per heavy atom. The first-order valence-electron chi connectivity index (χ1n) is 5.91. The van der Waals surface area contributed by atoms with Gasteiger partial charge in [-0.05, 0) is 13.8 Å². The molecule has 110 valence electrons. The predicted molar refractivity (Wildman–Crippen MR) is 67.8 cm³/mol. The van der Waals surface area contributed by atoms with Gasteiger partial charge in [-0.15, -0.1) is 0 Å². The number of amides is 1. The molecule has 1 N–H and O–H groups in total. The molecule has 2 rings (SSSR count). The van der Waals surface area contributed by atoms with Crippen LogP contribution in [0.5, 0.6) is 0 Å². The van der Waals surface area contributed by atoms with Crippen molar-refractivity contribution in [2.24, 2.45) is 5.10 Å². The minimum absolute atomic E-state index is 0.0215. The van der Waals surface area contributed by atoms with E-state index in [4.69, 9.17) is 11.6 Å². The molecule has 0 saturated heterocycles. The second kappa shape index (κ2) is 5.10. The van der Waals surface area contributed by atoms with Crippen molar-refractivity contribution >= 4 is 23.2 Å². The van der Waals surface area contributed by atoms with Crippen LogP contribution < -0.4 is 0 Å². The molecule has 1 amide bonds. The second-order valence-electron chi connectivity index (χ2n) is 4.47. The lowest BCUT2D eigenvalue weighted by Crippen LogP contribution is -2.52. The van der Waals surface area contributed by atoms with E-state index >= 15 is 0 Å². The number of carbonyl (C=O) groups excluding carboxylic acids is 1. The number of aliphatic hydroxyl groups is 1. The molecule has 1 aliphatic heterocycles. The zero-order chi connectivity index (χ0) is 15.1. The normalized spacial score (nSPS) is 22.6. The highest BCUT2D eigenvalue weighted by atomic mass is 35.5. The number of halogens is 3. The first kappa shape index (κ1) is 14.9. The van der Waals surface area contributed by atoms with Gasteiger partial charge < -0.3 is 5.11 Å². The van der Waals surface area contributed by atoms with Crippen LogP contribution in [0.25, 0.3) is 0 Å². The summed E-state index contributed by atoms with van der Waals surface area (Å²) < 4.78 is 27.4. The number of rotatable bonds is 3. The fourth-order valence-corrected chi connectivity index (χ4v) is 2.27. The van der Waals surface area contributed by atoms with Gasteiger partial charge in [0.15, 0.2) is 0 Å². The van der Waals surface area contributed by atoms with Crippen LogP contribution in [0.2, 0.25) is 5.02 Å². The summed E-state index contributed by atoms with van der Waals surface area (Å²) in [5, 5.41) is 18.0. The molecule has 2 heterocycles. The number of hydrazone groups is 1. The van der Waals surface area contributed by atoms with Gasteiger partial charge in [0.05, 0.1) is 11.2 Å². The first-order valence-corrected chi connectivity index (χ1v) is 6.29. The fourth-order valence-electron chi connectivity index (χ4n) is 2.05. The van der Waals surface area contributed by atoms with E-state index in [9.17, 15) is 18.7 Å². The van der Waals surface area contributed by atoms with Crippen molar-refractivity contribution in [1.29, 1.82) is 0 Å². The lowest BCUT2D eigenvalue weighted by atomic mass is 10.1. The summed E-state index contributed by atoms with van der Waals surface area (Å²) in [6, 6.07) is 0. The molecule has 0 bridgehead atoms. The second-order valence-corrected chi connectivity index (χ2v) is 4.87. The van der Waals surface area contributed by atoms with Gasteiger partial charge in [0.2, 0.25) is 5.72 Å². The molecule has 6 nitrogen and oxygen atoms in total. The highest BCUT2D eigenvalue weighted by molar-refractivity contribution is 6.33. The molecule has 0 aliphatic carbocycles. The highest BCUT2D eigenvalue weighted by Crippen LogP contribution is 2.33. The monoisotopic (exact) mass is 306 g/mol. The Bertz CT molecular complexity index is 575. The van der Waals surface area contributed by atoms with Gasteiger partial charge >= 0.3 is 0 Å². The van der Waals surface area contributed by atoms with Crippen molar-refractivity contribution in [2.45, 2.75) is 39.0 Å². The van der Waals surface area contributed by atoms with Gasteiger partial charge in [-0.3, -0.25) is 9.48 Å². The molecule has 1 atom stereocenters. The molecular formula is C11H13ClF2N4O2. The van der Waals surface area contributed by atoms with Crippen LogP contribution in [0.3, 0.4) is 0 Å². The molecule has 20 heavy (non-hydrogen) atoms. The van der Waals surface area contributed by atoms with Crippen LogP contribution in [0, 0.1) is 0 Å². The van der Waals surface area contributed by atoms with Crippen molar-refractivity contribution in [3.05, 3.63) is 16.9 Å². The minimum atomic E-state index is -3.15. The van der Waals surface area contributed by atoms with Crippen LogP contribution in [0.1, 0.15) is 30.8 Å². The number of aromatic nitrogens is 2.